The molecule has 126 valence electrons. The quantitative estimate of drug-likeness (QED) is 0.732. The van der Waals surface area contributed by atoms with E-state index in [9.17, 15) is 4.79 Å². The van der Waals surface area contributed by atoms with Gasteiger partial charge in [-0.25, -0.2) is 0 Å². The number of nitrogens with zero attached hydrogens (tertiary/aromatic N) is 2. The Morgan fingerprint density at radius 3 is 1.77 bits per heavy atom. The predicted octanol–water partition coefficient (Wildman–Crippen LogP) is 4.90. The summed E-state index contributed by atoms with van der Waals surface area (Å²) in [6.45, 7) is 2.13. The summed E-state index contributed by atoms with van der Waals surface area (Å²) < 4.78 is 0. The molecule has 26 heavy (non-hydrogen) atoms. The molecule has 2 aromatic rings. The van der Waals surface area contributed by atoms with Gasteiger partial charge in [0.05, 0.1) is 23.3 Å². The largest absolute Gasteiger partial charge is 0.289 e. The Kier molecular flexibility index (Phi) is 5.11. The second-order valence-electron chi connectivity index (χ2n) is 6.66. The van der Waals surface area contributed by atoms with E-state index in [-0.39, 0.29) is 5.78 Å². The number of hydrogen-bond acceptors (Lipinski definition) is 3. The van der Waals surface area contributed by atoms with Gasteiger partial charge in [0, 0.05) is 11.1 Å². The highest BCUT2D eigenvalue weighted by Crippen LogP contribution is 2.32. The van der Waals surface area contributed by atoms with Crippen LogP contribution < -0.4 is 0 Å². The first-order valence-corrected chi connectivity index (χ1v) is 8.55. The van der Waals surface area contributed by atoms with Crippen molar-refractivity contribution in [2.45, 2.75) is 19.8 Å². The molecule has 1 unspecified atom stereocenters. The molecule has 0 radical (unpaired) electrons. The Hall–Kier alpha value is -3.43. The molecular weight excluding hydrogens is 320 g/mol. The summed E-state index contributed by atoms with van der Waals surface area (Å²) >= 11 is 0. The first kappa shape index (κ1) is 17.4. The van der Waals surface area contributed by atoms with Gasteiger partial charge >= 0.3 is 0 Å². The van der Waals surface area contributed by atoms with Gasteiger partial charge in [-0.3, -0.25) is 4.79 Å². The second kappa shape index (κ2) is 7.64. The zero-order chi connectivity index (χ0) is 18.5. The number of carbonyl (C=O) groups is 1. The Bertz CT molecular complexity index is 920. The van der Waals surface area contributed by atoms with Crippen LogP contribution in [0, 0.1) is 28.6 Å². The van der Waals surface area contributed by atoms with E-state index in [4.69, 9.17) is 10.5 Å². The third-order valence-electron chi connectivity index (χ3n) is 4.43. The number of allylic oxidation sites excluding steroid dienone is 2. The normalized spacial score (nSPS) is 20.0. The maximum atomic E-state index is 12.9. The van der Waals surface area contributed by atoms with Gasteiger partial charge in [-0.2, -0.15) is 10.5 Å². The van der Waals surface area contributed by atoms with Crippen LogP contribution in [-0.2, 0) is 4.79 Å². The van der Waals surface area contributed by atoms with E-state index in [2.05, 4.69) is 19.1 Å². The Morgan fingerprint density at radius 2 is 1.35 bits per heavy atom. The molecule has 0 saturated heterocycles. The summed E-state index contributed by atoms with van der Waals surface area (Å²) in [4.78, 5) is 12.9. The highest BCUT2D eigenvalue weighted by atomic mass is 16.1. The van der Waals surface area contributed by atoms with Crippen molar-refractivity contribution in [1.82, 2.24) is 0 Å². The van der Waals surface area contributed by atoms with Gasteiger partial charge in [-0.1, -0.05) is 31.2 Å². The van der Waals surface area contributed by atoms with E-state index < -0.39 is 0 Å². The van der Waals surface area contributed by atoms with E-state index in [0.29, 0.717) is 17.0 Å². The number of Topliss-reactive ketones (excluding diaryl/α,β-unsaturated/α-hetero) is 1. The molecule has 1 saturated carbocycles. The van der Waals surface area contributed by atoms with E-state index in [1.165, 1.54) is 0 Å². The highest BCUT2D eigenvalue weighted by molar-refractivity contribution is 6.14. The lowest BCUT2D eigenvalue weighted by Crippen LogP contribution is -2.18. The third kappa shape index (κ3) is 3.97. The number of carbonyl (C=O) groups excluding carboxylic acids is 1. The van der Waals surface area contributed by atoms with Gasteiger partial charge in [0.2, 0.25) is 0 Å². The summed E-state index contributed by atoms with van der Waals surface area (Å²) in [7, 11) is 0. The Morgan fingerprint density at radius 1 is 0.885 bits per heavy atom. The van der Waals surface area contributed by atoms with Crippen molar-refractivity contribution >= 4 is 17.9 Å². The summed E-state index contributed by atoms with van der Waals surface area (Å²) in [6.07, 6.45) is 5.23. The lowest BCUT2D eigenvalue weighted by molar-refractivity contribution is -0.113. The second-order valence-corrected chi connectivity index (χ2v) is 6.66. The van der Waals surface area contributed by atoms with Gasteiger partial charge in [0.15, 0.2) is 5.78 Å². The Balaban J connectivity index is 1.95. The van der Waals surface area contributed by atoms with Crippen molar-refractivity contribution in [3.05, 3.63) is 81.9 Å². The van der Waals surface area contributed by atoms with Gasteiger partial charge in [-0.15, -0.1) is 0 Å². The van der Waals surface area contributed by atoms with Gasteiger partial charge in [0.1, 0.15) is 0 Å². The topological polar surface area (TPSA) is 64.7 Å². The Labute approximate surface area is 153 Å². The van der Waals surface area contributed by atoms with Crippen LogP contribution in [0.4, 0.5) is 0 Å². The number of nitriles is 2. The SMILES string of the molecule is CC1C/C(=C/c2cccc(C#N)c2)C(=O)/C(=C/c2cccc(C#N)c2)C1. The van der Waals surface area contributed by atoms with Crippen LogP contribution in [-0.4, -0.2) is 5.78 Å². The monoisotopic (exact) mass is 338 g/mol. The predicted molar refractivity (Wildman–Crippen MR) is 102 cm³/mol. The van der Waals surface area contributed by atoms with E-state index in [1.807, 2.05) is 36.4 Å². The fraction of sp³-hybridized carbons (Fsp3) is 0.174. The molecule has 3 heteroatoms. The van der Waals surface area contributed by atoms with Crippen molar-refractivity contribution in [1.29, 1.82) is 10.5 Å². The molecule has 1 aliphatic carbocycles. The standard InChI is InChI=1S/C23H18N2O/c1-16-8-21(12-17-4-2-6-19(10-17)14-24)23(26)22(9-16)13-18-5-3-7-20(11-18)15-25/h2-7,10-13,16H,8-9H2,1H3/b21-12-,22-13+. The van der Waals surface area contributed by atoms with Crippen molar-refractivity contribution in [2.24, 2.45) is 5.92 Å². The van der Waals surface area contributed by atoms with Crippen molar-refractivity contribution in [3.8, 4) is 12.1 Å². The third-order valence-corrected chi connectivity index (χ3v) is 4.43. The van der Waals surface area contributed by atoms with Crippen LogP contribution in [0.15, 0.2) is 59.7 Å². The van der Waals surface area contributed by atoms with E-state index >= 15 is 0 Å². The van der Waals surface area contributed by atoms with Crippen LogP contribution in [0.25, 0.3) is 12.2 Å². The molecule has 0 aliphatic heterocycles. The van der Waals surface area contributed by atoms with Crippen molar-refractivity contribution < 1.29 is 4.79 Å². The molecule has 0 amide bonds. The number of hydrogen-bond donors (Lipinski definition) is 0. The zero-order valence-electron chi connectivity index (χ0n) is 14.6. The summed E-state index contributed by atoms with van der Waals surface area (Å²) in [6, 6.07) is 18.8. The fourth-order valence-corrected chi connectivity index (χ4v) is 3.26. The maximum absolute atomic E-state index is 12.9. The molecule has 0 N–H and O–H groups in total. The molecule has 3 rings (SSSR count). The van der Waals surface area contributed by atoms with Gasteiger partial charge in [-0.05, 0) is 66.3 Å². The first-order valence-electron chi connectivity index (χ1n) is 8.55. The lowest BCUT2D eigenvalue weighted by Gasteiger charge is -2.22. The number of rotatable bonds is 2. The molecule has 0 bridgehead atoms. The van der Waals surface area contributed by atoms with E-state index in [0.717, 1.165) is 35.1 Å². The molecular formula is C23H18N2O. The molecule has 1 atom stereocenters. The first-order chi connectivity index (χ1) is 12.6. The zero-order valence-corrected chi connectivity index (χ0v) is 14.6. The number of ketones is 1. The molecule has 3 nitrogen and oxygen atoms in total. The molecule has 0 heterocycles. The number of benzene rings is 2. The van der Waals surface area contributed by atoms with Crippen LogP contribution in [0.2, 0.25) is 0 Å². The molecule has 1 fully saturated rings. The average Bonchev–Trinajstić information content (AvgIpc) is 2.66. The summed E-state index contributed by atoms with van der Waals surface area (Å²) in [5.41, 5.74) is 4.43. The van der Waals surface area contributed by atoms with Crippen molar-refractivity contribution in [2.75, 3.05) is 0 Å². The van der Waals surface area contributed by atoms with E-state index in [1.54, 1.807) is 24.3 Å². The average molecular weight is 338 g/mol. The van der Waals surface area contributed by atoms with Crippen molar-refractivity contribution in [3.63, 3.8) is 0 Å². The molecule has 2 aromatic carbocycles. The van der Waals surface area contributed by atoms with Gasteiger partial charge < -0.3 is 0 Å². The van der Waals surface area contributed by atoms with Gasteiger partial charge in [0.25, 0.3) is 0 Å². The maximum Gasteiger partial charge on any atom is 0.185 e. The minimum absolute atomic E-state index is 0.0489. The van der Waals surface area contributed by atoms with Crippen LogP contribution in [0.5, 0.6) is 0 Å². The summed E-state index contributed by atoms with van der Waals surface area (Å²) in [5.74, 6) is 0.413. The van der Waals surface area contributed by atoms with Crippen LogP contribution in [0.1, 0.15) is 42.0 Å². The summed E-state index contributed by atoms with van der Waals surface area (Å²) in [5, 5.41) is 18.1. The minimum Gasteiger partial charge on any atom is -0.289 e. The van der Waals surface area contributed by atoms with Crippen LogP contribution in [0.3, 0.4) is 0 Å². The highest BCUT2D eigenvalue weighted by Gasteiger charge is 2.25. The fourth-order valence-electron chi connectivity index (χ4n) is 3.26. The van der Waals surface area contributed by atoms with Crippen LogP contribution >= 0.6 is 0 Å². The lowest BCUT2D eigenvalue weighted by atomic mass is 9.80. The smallest absolute Gasteiger partial charge is 0.185 e. The molecule has 0 spiro atoms. The minimum atomic E-state index is 0.0489. The molecule has 1 aliphatic rings. The molecule has 0 aromatic heterocycles.